The molecule has 0 aliphatic heterocycles. The predicted octanol–water partition coefficient (Wildman–Crippen LogP) is 2.89. The fraction of sp³-hybridized carbons (Fsp3) is 0.444. The Bertz CT molecular complexity index is 705. The number of halogens is 1. The van der Waals surface area contributed by atoms with Crippen molar-refractivity contribution in [3.05, 3.63) is 29.5 Å². The lowest BCUT2D eigenvalue weighted by Gasteiger charge is -2.14. The van der Waals surface area contributed by atoms with E-state index in [1.54, 1.807) is 27.5 Å². The van der Waals surface area contributed by atoms with Gasteiger partial charge in [-0.15, -0.1) is 12.4 Å². The standard InChI is InChI=1S/C18H26N4O4.ClH/c1-5-6-26-11-21-18-20-10-13(17(19)22-18)7-12-8-14(23-2)16(25-4)15(9-12)24-3;/h8-10H,5-7,11H2,1-4H3,(H3,19,20,21,22);1H. The Morgan fingerprint density at radius 3 is 2.26 bits per heavy atom. The van der Waals surface area contributed by atoms with Gasteiger partial charge in [0.2, 0.25) is 11.7 Å². The van der Waals surface area contributed by atoms with Gasteiger partial charge in [-0.05, 0) is 24.1 Å². The van der Waals surface area contributed by atoms with Gasteiger partial charge in [0.1, 0.15) is 12.5 Å². The molecule has 0 radical (unpaired) electrons. The molecule has 2 aromatic rings. The van der Waals surface area contributed by atoms with E-state index in [2.05, 4.69) is 15.3 Å². The van der Waals surface area contributed by atoms with Crippen LogP contribution in [-0.4, -0.2) is 44.6 Å². The molecule has 0 bridgehead atoms. The van der Waals surface area contributed by atoms with Gasteiger partial charge in [0.05, 0.1) is 21.3 Å². The summed E-state index contributed by atoms with van der Waals surface area (Å²) in [6.45, 7) is 3.08. The Balaban J connectivity index is 0.00000364. The van der Waals surface area contributed by atoms with Crippen LogP contribution >= 0.6 is 12.4 Å². The smallest absolute Gasteiger partial charge is 0.226 e. The Morgan fingerprint density at radius 2 is 1.74 bits per heavy atom. The third-order valence-electron chi connectivity index (χ3n) is 3.70. The summed E-state index contributed by atoms with van der Waals surface area (Å²) in [5, 5.41) is 2.98. The lowest BCUT2D eigenvalue weighted by molar-refractivity contribution is 0.152. The number of benzene rings is 1. The van der Waals surface area contributed by atoms with Gasteiger partial charge in [0, 0.05) is 24.8 Å². The van der Waals surface area contributed by atoms with Crippen LogP contribution in [0.25, 0.3) is 0 Å². The van der Waals surface area contributed by atoms with Crippen molar-refractivity contribution in [1.82, 2.24) is 9.97 Å². The largest absolute Gasteiger partial charge is 0.493 e. The predicted molar refractivity (Wildman–Crippen MR) is 107 cm³/mol. The highest BCUT2D eigenvalue weighted by atomic mass is 35.5. The first-order chi connectivity index (χ1) is 12.6. The zero-order valence-corrected chi connectivity index (χ0v) is 16.9. The summed E-state index contributed by atoms with van der Waals surface area (Å²) in [5.74, 6) is 2.58. The van der Waals surface area contributed by atoms with Crippen molar-refractivity contribution in [2.75, 3.05) is 45.7 Å². The second-order valence-corrected chi connectivity index (χ2v) is 5.54. The van der Waals surface area contributed by atoms with Crippen LogP contribution in [0.1, 0.15) is 24.5 Å². The number of rotatable bonds is 10. The van der Waals surface area contributed by atoms with Crippen molar-refractivity contribution in [2.45, 2.75) is 19.8 Å². The maximum Gasteiger partial charge on any atom is 0.226 e. The number of aromatic nitrogens is 2. The lowest BCUT2D eigenvalue weighted by atomic mass is 10.1. The number of methoxy groups -OCH3 is 3. The van der Waals surface area contributed by atoms with E-state index in [9.17, 15) is 0 Å². The summed E-state index contributed by atoms with van der Waals surface area (Å²) in [6, 6.07) is 3.76. The monoisotopic (exact) mass is 398 g/mol. The topological polar surface area (TPSA) is 101 Å². The van der Waals surface area contributed by atoms with Gasteiger partial charge in [-0.2, -0.15) is 4.98 Å². The maximum absolute atomic E-state index is 6.08. The molecule has 2 rings (SSSR count). The van der Waals surface area contributed by atoms with Gasteiger partial charge >= 0.3 is 0 Å². The van der Waals surface area contributed by atoms with Crippen molar-refractivity contribution in [2.24, 2.45) is 0 Å². The molecule has 1 heterocycles. The summed E-state index contributed by atoms with van der Waals surface area (Å²) in [4.78, 5) is 8.56. The second-order valence-electron chi connectivity index (χ2n) is 5.54. The van der Waals surface area contributed by atoms with Gasteiger partial charge in [-0.1, -0.05) is 6.92 Å². The van der Waals surface area contributed by atoms with E-state index in [4.69, 9.17) is 24.7 Å². The first kappa shape index (κ1) is 22.6. The van der Waals surface area contributed by atoms with E-state index >= 15 is 0 Å². The van der Waals surface area contributed by atoms with E-state index < -0.39 is 0 Å². The minimum absolute atomic E-state index is 0. The number of nitrogens with one attached hydrogen (secondary N) is 1. The van der Waals surface area contributed by atoms with E-state index in [0.717, 1.165) is 17.5 Å². The van der Waals surface area contributed by atoms with Crippen LogP contribution in [-0.2, 0) is 11.2 Å². The average molecular weight is 399 g/mol. The molecule has 0 unspecified atom stereocenters. The van der Waals surface area contributed by atoms with Crippen LogP contribution in [0.2, 0.25) is 0 Å². The molecule has 0 amide bonds. The van der Waals surface area contributed by atoms with Crippen LogP contribution in [0, 0.1) is 0 Å². The zero-order valence-electron chi connectivity index (χ0n) is 16.1. The van der Waals surface area contributed by atoms with E-state index in [0.29, 0.717) is 48.8 Å². The second kappa shape index (κ2) is 11.3. The number of nitrogens with two attached hydrogens (primary N) is 1. The average Bonchev–Trinajstić information content (AvgIpc) is 2.66. The molecule has 0 saturated heterocycles. The number of nitrogen functional groups attached to an aromatic ring is 1. The number of anilines is 2. The summed E-state index contributed by atoms with van der Waals surface area (Å²) in [7, 11) is 4.74. The molecule has 0 atom stereocenters. The number of hydrogen-bond acceptors (Lipinski definition) is 8. The molecule has 1 aromatic heterocycles. The summed E-state index contributed by atoms with van der Waals surface area (Å²) in [6.07, 6.45) is 3.20. The lowest BCUT2D eigenvalue weighted by Crippen LogP contribution is -2.11. The Kier molecular flexibility index (Phi) is 9.46. The van der Waals surface area contributed by atoms with Crippen molar-refractivity contribution < 1.29 is 18.9 Å². The third kappa shape index (κ3) is 6.04. The summed E-state index contributed by atoms with van der Waals surface area (Å²) < 4.78 is 21.5. The first-order valence-corrected chi connectivity index (χ1v) is 8.34. The molecule has 0 fully saturated rings. The quantitative estimate of drug-likeness (QED) is 0.465. The fourth-order valence-electron chi connectivity index (χ4n) is 2.43. The van der Waals surface area contributed by atoms with Gasteiger partial charge < -0.3 is 30.0 Å². The molecule has 0 aliphatic rings. The Hall–Kier alpha value is -2.45. The zero-order chi connectivity index (χ0) is 18.9. The highest BCUT2D eigenvalue weighted by molar-refractivity contribution is 5.85. The van der Waals surface area contributed by atoms with Crippen LogP contribution in [0.15, 0.2) is 18.3 Å². The Morgan fingerprint density at radius 1 is 1.07 bits per heavy atom. The van der Waals surface area contributed by atoms with Gasteiger partial charge in [-0.25, -0.2) is 4.98 Å². The minimum Gasteiger partial charge on any atom is -0.493 e. The fourth-order valence-corrected chi connectivity index (χ4v) is 2.43. The van der Waals surface area contributed by atoms with Gasteiger partial charge in [0.15, 0.2) is 11.5 Å². The van der Waals surface area contributed by atoms with Crippen LogP contribution in [0.4, 0.5) is 11.8 Å². The molecule has 1 aromatic carbocycles. The molecule has 27 heavy (non-hydrogen) atoms. The summed E-state index contributed by atoms with van der Waals surface area (Å²) in [5.41, 5.74) is 7.83. The van der Waals surface area contributed by atoms with E-state index in [1.165, 1.54) is 0 Å². The number of hydrogen-bond donors (Lipinski definition) is 2. The molecule has 8 nitrogen and oxygen atoms in total. The van der Waals surface area contributed by atoms with Crippen molar-refractivity contribution in [3.8, 4) is 17.2 Å². The highest BCUT2D eigenvalue weighted by Gasteiger charge is 2.14. The van der Waals surface area contributed by atoms with Crippen molar-refractivity contribution in [1.29, 1.82) is 0 Å². The van der Waals surface area contributed by atoms with Crippen molar-refractivity contribution >= 4 is 24.2 Å². The molecule has 150 valence electrons. The number of ether oxygens (including phenoxy) is 4. The van der Waals surface area contributed by atoms with E-state index in [-0.39, 0.29) is 12.4 Å². The van der Waals surface area contributed by atoms with E-state index in [1.807, 2.05) is 19.1 Å². The molecular formula is C18H27ClN4O4. The van der Waals surface area contributed by atoms with Gasteiger partial charge in [-0.3, -0.25) is 0 Å². The Labute approximate surface area is 165 Å². The number of nitrogens with zero attached hydrogens (tertiary/aromatic N) is 2. The molecule has 0 spiro atoms. The molecular weight excluding hydrogens is 372 g/mol. The molecule has 0 saturated carbocycles. The third-order valence-corrected chi connectivity index (χ3v) is 3.70. The summed E-state index contributed by atoms with van der Waals surface area (Å²) >= 11 is 0. The molecule has 0 aliphatic carbocycles. The van der Waals surface area contributed by atoms with Gasteiger partial charge in [0.25, 0.3) is 0 Å². The van der Waals surface area contributed by atoms with Crippen LogP contribution in [0.3, 0.4) is 0 Å². The minimum atomic E-state index is 0. The first-order valence-electron chi connectivity index (χ1n) is 8.34. The van der Waals surface area contributed by atoms with Crippen molar-refractivity contribution in [3.63, 3.8) is 0 Å². The molecule has 3 N–H and O–H groups in total. The van der Waals surface area contributed by atoms with Crippen LogP contribution in [0.5, 0.6) is 17.2 Å². The normalized spacial score (nSPS) is 10.1. The SMILES string of the molecule is CCCOCNc1ncc(Cc2cc(OC)c(OC)c(OC)c2)c(N)n1.Cl. The van der Waals surface area contributed by atoms with Crippen LogP contribution < -0.4 is 25.3 Å². The molecule has 9 heteroatoms. The maximum atomic E-state index is 6.08. The highest BCUT2D eigenvalue weighted by Crippen LogP contribution is 2.38.